The Hall–Kier alpha value is -1.49. The van der Waals surface area contributed by atoms with Crippen molar-refractivity contribution in [3.63, 3.8) is 0 Å². The number of benzene rings is 1. The molecule has 110 valence electrons. The Bertz CT molecular complexity index is 461. The van der Waals surface area contributed by atoms with Crippen LogP contribution in [-0.2, 0) is 9.47 Å². The van der Waals surface area contributed by atoms with Gasteiger partial charge in [0, 0.05) is 6.42 Å². The van der Waals surface area contributed by atoms with E-state index in [2.05, 4.69) is 0 Å². The van der Waals surface area contributed by atoms with E-state index >= 15 is 0 Å². The van der Waals surface area contributed by atoms with Gasteiger partial charge < -0.3 is 9.47 Å². The maximum atomic E-state index is 13.2. The van der Waals surface area contributed by atoms with Crippen LogP contribution in [0.1, 0.15) is 36.5 Å². The fraction of sp³-hybridized carbons (Fsp3) is 0.533. The molecule has 20 heavy (non-hydrogen) atoms. The van der Waals surface area contributed by atoms with E-state index in [0.29, 0.717) is 18.4 Å². The molecule has 0 spiro atoms. The number of rotatable bonds is 3. The molecule has 1 saturated heterocycles. The molecule has 5 heteroatoms. The van der Waals surface area contributed by atoms with Crippen LogP contribution in [0.3, 0.4) is 0 Å². The van der Waals surface area contributed by atoms with Crippen LogP contribution in [0, 0.1) is 0 Å². The molecule has 1 aromatic carbocycles. The lowest BCUT2D eigenvalue weighted by Gasteiger charge is -2.27. The van der Waals surface area contributed by atoms with Gasteiger partial charge in [0.25, 0.3) is 5.92 Å². The molecular weight excluding hydrogens is 266 g/mol. The van der Waals surface area contributed by atoms with Gasteiger partial charge in [0.1, 0.15) is 13.2 Å². The lowest BCUT2D eigenvalue weighted by Crippen LogP contribution is -2.36. The molecule has 0 amide bonds. The van der Waals surface area contributed by atoms with Gasteiger partial charge in [-0.05, 0) is 31.9 Å². The zero-order valence-corrected chi connectivity index (χ0v) is 11.4. The number of hydrogen-bond donors (Lipinski definition) is 0. The summed E-state index contributed by atoms with van der Waals surface area (Å²) >= 11 is 0. The molecule has 3 nitrogen and oxygen atoms in total. The van der Waals surface area contributed by atoms with Crippen LogP contribution >= 0.6 is 0 Å². The van der Waals surface area contributed by atoms with Crippen molar-refractivity contribution in [1.29, 1.82) is 0 Å². The van der Waals surface area contributed by atoms with Crippen molar-refractivity contribution in [3.8, 4) is 0 Å². The van der Waals surface area contributed by atoms with Crippen LogP contribution in [-0.4, -0.2) is 30.7 Å². The van der Waals surface area contributed by atoms with Crippen LogP contribution in [0.15, 0.2) is 30.3 Å². The topological polar surface area (TPSA) is 35.5 Å². The van der Waals surface area contributed by atoms with Crippen molar-refractivity contribution in [2.24, 2.45) is 0 Å². The summed E-state index contributed by atoms with van der Waals surface area (Å²) in [6.07, 6.45) is 0.617. The number of carbonyl (C=O) groups is 1. The van der Waals surface area contributed by atoms with Gasteiger partial charge in [0.15, 0.2) is 0 Å². The summed E-state index contributed by atoms with van der Waals surface area (Å²) in [5.41, 5.74) is -0.403. The lowest BCUT2D eigenvalue weighted by molar-refractivity contribution is -0.132. The minimum absolute atomic E-state index is 0.0171. The highest BCUT2D eigenvalue weighted by Crippen LogP contribution is 2.32. The van der Waals surface area contributed by atoms with Crippen LogP contribution in [0.2, 0.25) is 0 Å². The molecule has 0 radical (unpaired) electrons. The summed E-state index contributed by atoms with van der Waals surface area (Å²) in [6.45, 7) is 1.07. The third-order valence-electron chi connectivity index (χ3n) is 3.40. The van der Waals surface area contributed by atoms with Crippen LogP contribution in [0.5, 0.6) is 0 Å². The SMILES string of the molecule is CC1(COC(=O)c2ccccc2)CCCC(F)(F)CO1. The normalized spacial score (nSPS) is 25.8. The van der Waals surface area contributed by atoms with Gasteiger partial charge in [-0.15, -0.1) is 0 Å². The van der Waals surface area contributed by atoms with E-state index in [-0.39, 0.29) is 13.0 Å². The Kier molecular flexibility index (Phi) is 4.38. The van der Waals surface area contributed by atoms with Gasteiger partial charge in [-0.1, -0.05) is 18.2 Å². The summed E-state index contributed by atoms with van der Waals surface area (Å²) in [5, 5.41) is 0. The zero-order chi connectivity index (χ0) is 14.6. The van der Waals surface area contributed by atoms with Crippen LogP contribution in [0.4, 0.5) is 8.78 Å². The average Bonchev–Trinajstić information content (AvgIpc) is 2.57. The van der Waals surface area contributed by atoms with Gasteiger partial charge in [0.2, 0.25) is 0 Å². The van der Waals surface area contributed by atoms with Crippen molar-refractivity contribution in [2.75, 3.05) is 13.2 Å². The molecule has 1 aliphatic heterocycles. The number of carbonyl (C=O) groups excluding carboxylic acids is 1. The molecule has 0 N–H and O–H groups in total. The van der Waals surface area contributed by atoms with E-state index in [1.165, 1.54) is 0 Å². The average molecular weight is 284 g/mol. The Morgan fingerprint density at radius 3 is 2.70 bits per heavy atom. The highest BCUT2D eigenvalue weighted by Gasteiger charge is 2.39. The summed E-state index contributed by atoms with van der Waals surface area (Å²) in [5.74, 6) is -3.26. The van der Waals surface area contributed by atoms with E-state index in [0.717, 1.165) is 0 Å². The fourth-order valence-corrected chi connectivity index (χ4v) is 2.13. The third-order valence-corrected chi connectivity index (χ3v) is 3.40. The fourth-order valence-electron chi connectivity index (χ4n) is 2.13. The molecule has 0 aliphatic carbocycles. The largest absolute Gasteiger partial charge is 0.459 e. The Morgan fingerprint density at radius 2 is 2.00 bits per heavy atom. The van der Waals surface area contributed by atoms with Crippen molar-refractivity contribution in [3.05, 3.63) is 35.9 Å². The van der Waals surface area contributed by atoms with Crippen molar-refractivity contribution < 1.29 is 23.0 Å². The summed E-state index contributed by atoms with van der Waals surface area (Å²) in [6, 6.07) is 8.57. The molecule has 1 aromatic rings. The maximum Gasteiger partial charge on any atom is 0.338 e. The van der Waals surface area contributed by atoms with Crippen molar-refractivity contribution >= 4 is 5.97 Å². The number of hydrogen-bond acceptors (Lipinski definition) is 3. The Balaban J connectivity index is 1.91. The molecule has 1 aliphatic rings. The smallest absolute Gasteiger partial charge is 0.338 e. The lowest BCUT2D eigenvalue weighted by atomic mass is 10.00. The first-order valence-electron chi connectivity index (χ1n) is 6.64. The maximum absolute atomic E-state index is 13.2. The van der Waals surface area contributed by atoms with Gasteiger partial charge in [0.05, 0.1) is 11.2 Å². The molecule has 0 bridgehead atoms. The highest BCUT2D eigenvalue weighted by molar-refractivity contribution is 5.89. The second-order valence-electron chi connectivity index (χ2n) is 5.39. The molecule has 2 rings (SSSR count). The van der Waals surface area contributed by atoms with Gasteiger partial charge in [-0.25, -0.2) is 13.6 Å². The first-order chi connectivity index (χ1) is 9.40. The first-order valence-corrected chi connectivity index (χ1v) is 6.64. The molecule has 1 fully saturated rings. The molecule has 1 unspecified atom stereocenters. The van der Waals surface area contributed by atoms with E-state index in [1.807, 2.05) is 0 Å². The minimum atomic E-state index is -2.79. The van der Waals surface area contributed by atoms with Crippen molar-refractivity contribution in [1.82, 2.24) is 0 Å². The second-order valence-corrected chi connectivity index (χ2v) is 5.39. The van der Waals surface area contributed by atoms with Gasteiger partial charge >= 0.3 is 5.97 Å². The molecule has 1 atom stereocenters. The summed E-state index contributed by atoms with van der Waals surface area (Å²) in [7, 11) is 0. The number of ether oxygens (including phenoxy) is 2. The molecule has 1 heterocycles. The van der Waals surface area contributed by atoms with Gasteiger partial charge in [-0.2, -0.15) is 0 Å². The third kappa shape index (κ3) is 4.00. The zero-order valence-electron chi connectivity index (χ0n) is 11.4. The standard InChI is InChI=1S/C15H18F2O3/c1-14(8-5-9-15(16,17)11-20-14)10-19-13(18)12-6-3-2-4-7-12/h2-4,6-7H,5,8-11H2,1H3. The minimum Gasteiger partial charge on any atom is -0.459 e. The number of halogens is 2. The summed E-state index contributed by atoms with van der Waals surface area (Å²) in [4.78, 5) is 11.8. The van der Waals surface area contributed by atoms with Gasteiger partial charge in [-0.3, -0.25) is 0 Å². The van der Waals surface area contributed by atoms with Crippen LogP contribution < -0.4 is 0 Å². The molecule has 0 aromatic heterocycles. The first kappa shape index (κ1) is 14.9. The number of esters is 1. The highest BCUT2D eigenvalue weighted by atomic mass is 19.3. The second kappa shape index (κ2) is 5.87. The Morgan fingerprint density at radius 1 is 1.30 bits per heavy atom. The van der Waals surface area contributed by atoms with Crippen molar-refractivity contribution in [2.45, 2.75) is 37.7 Å². The monoisotopic (exact) mass is 284 g/mol. The van der Waals surface area contributed by atoms with E-state index in [4.69, 9.17) is 9.47 Å². The van der Waals surface area contributed by atoms with E-state index < -0.39 is 24.1 Å². The van der Waals surface area contributed by atoms with Crippen LogP contribution in [0.25, 0.3) is 0 Å². The Labute approximate surface area is 116 Å². The van der Waals surface area contributed by atoms with E-state index in [9.17, 15) is 13.6 Å². The number of alkyl halides is 2. The molecule has 0 saturated carbocycles. The molecular formula is C15H18F2O3. The quantitative estimate of drug-likeness (QED) is 0.798. The van der Waals surface area contributed by atoms with E-state index in [1.54, 1.807) is 37.3 Å². The summed E-state index contributed by atoms with van der Waals surface area (Å²) < 4.78 is 36.9. The predicted octanol–water partition coefficient (Wildman–Crippen LogP) is 3.44. The predicted molar refractivity (Wildman–Crippen MR) is 69.9 cm³/mol.